The minimum Gasteiger partial charge on any atom is -0.497 e. The van der Waals surface area contributed by atoms with Crippen molar-refractivity contribution in [3.05, 3.63) is 59.7 Å². The highest BCUT2D eigenvalue weighted by Gasteiger charge is 2.35. The number of aromatic nitrogens is 2. The average molecular weight is 529 g/mol. The Labute approximate surface area is 217 Å². The van der Waals surface area contributed by atoms with Crippen LogP contribution in [0, 0.1) is 5.92 Å². The van der Waals surface area contributed by atoms with Gasteiger partial charge in [0.25, 0.3) is 0 Å². The second kappa shape index (κ2) is 11.3. The van der Waals surface area contributed by atoms with Gasteiger partial charge in [0.2, 0.25) is 21.8 Å². The van der Waals surface area contributed by atoms with Crippen LogP contribution in [0.25, 0.3) is 0 Å². The van der Waals surface area contributed by atoms with Crippen LogP contribution in [-0.4, -0.2) is 56.1 Å². The Morgan fingerprint density at radius 3 is 2.57 bits per heavy atom. The van der Waals surface area contributed by atoms with Crippen LogP contribution >= 0.6 is 0 Å². The van der Waals surface area contributed by atoms with E-state index in [1.165, 1.54) is 24.6 Å². The summed E-state index contributed by atoms with van der Waals surface area (Å²) in [5, 5.41) is 6.93. The van der Waals surface area contributed by atoms with Crippen LogP contribution in [0.4, 0.5) is 5.69 Å². The van der Waals surface area contributed by atoms with Crippen LogP contribution in [0.2, 0.25) is 0 Å². The van der Waals surface area contributed by atoms with E-state index in [9.17, 15) is 13.2 Å². The lowest BCUT2D eigenvalue weighted by Gasteiger charge is -2.31. The van der Waals surface area contributed by atoms with Crippen LogP contribution in [0.15, 0.2) is 51.9 Å². The van der Waals surface area contributed by atoms with E-state index in [1.807, 2.05) is 38.1 Å². The molecular formula is C26H32N4O6S. The number of methoxy groups -OCH3 is 2. The second-order valence-corrected chi connectivity index (χ2v) is 11.2. The highest BCUT2D eigenvalue weighted by molar-refractivity contribution is 7.89. The molecule has 1 fully saturated rings. The van der Waals surface area contributed by atoms with Gasteiger partial charge in [0.15, 0.2) is 5.82 Å². The molecule has 0 unspecified atom stereocenters. The summed E-state index contributed by atoms with van der Waals surface area (Å²) in [4.78, 5) is 17.4. The number of sulfonamides is 1. The van der Waals surface area contributed by atoms with Crippen LogP contribution in [-0.2, 0) is 21.2 Å². The van der Waals surface area contributed by atoms with Crippen molar-refractivity contribution in [3.8, 4) is 11.5 Å². The number of hydrogen-bond acceptors (Lipinski definition) is 8. The molecule has 1 atom stereocenters. The Hall–Kier alpha value is -3.44. The molecule has 0 radical (unpaired) electrons. The number of piperidine rings is 1. The van der Waals surface area contributed by atoms with E-state index in [0.29, 0.717) is 49.0 Å². The van der Waals surface area contributed by atoms with Crippen molar-refractivity contribution in [2.45, 2.75) is 43.9 Å². The minimum atomic E-state index is -3.89. The topological polar surface area (TPSA) is 124 Å². The minimum absolute atomic E-state index is 0.0214. The summed E-state index contributed by atoms with van der Waals surface area (Å²) in [6, 6.07) is 12.1. The SMILES string of the molecule is COc1ccc(OC)c(S(=O)(=O)N2CCC[C@H](C(=O)Nc3ccc(Cc4noc(C(C)C)n4)cc3)C2)c1. The first-order valence-electron chi connectivity index (χ1n) is 12.2. The van der Waals surface area contributed by atoms with Gasteiger partial charge in [0.05, 0.1) is 20.1 Å². The number of nitrogens with one attached hydrogen (secondary N) is 1. The summed E-state index contributed by atoms with van der Waals surface area (Å²) in [5.41, 5.74) is 1.62. The molecule has 1 N–H and O–H groups in total. The lowest BCUT2D eigenvalue weighted by atomic mass is 9.98. The van der Waals surface area contributed by atoms with Gasteiger partial charge in [0, 0.05) is 37.2 Å². The first kappa shape index (κ1) is 26.6. The summed E-state index contributed by atoms with van der Waals surface area (Å²) in [7, 11) is -0.995. The number of anilines is 1. The van der Waals surface area contributed by atoms with Gasteiger partial charge in [-0.25, -0.2) is 8.42 Å². The molecule has 1 aromatic heterocycles. The average Bonchev–Trinajstić information content (AvgIpc) is 3.38. The van der Waals surface area contributed by atoms with E-state index >= 15 is 0 Å². The second-order valence-electron chi connectivity index (χ2n) is 9.29. The fourth-order valence-corrected chi connectivity index (χ4v) is 5.90. The van der Waals surface area contributed by atoms with E-state index in [0.717, 1.165) is 5.56 Å². The van der Waals surface area contributed by atoms with Gasteiger partial charge in [0.1, 0.15) is 16.4 Å². The van der Waals surface area contributed by atoms with E-state index in [-0.39, 0.29) is 29.0 Å². The van der Waals surface area contributed by atoms with Crippen molar-refractivity contribution < 1.29 is 27.2 Å². The molecule has 1 aliphatic heterocycles. The molecular weight excluding hydrogens is 496 g/mol. The van der Waals surface area contributed by atoms with Crippen molar-refractivity contribution in [1.82, 2.24) is 14.4 Å². The maximum absolute atomic E-state index is 13.4. The number of rotatable bonds is 9. The molecule has 2 heterocycles. The maximum atomic E-state index is 13.4. The molecule has 1 saturated heterocycles. The molecule has 0 aliphatic carbocycles. The number of hydrogen-bond donors (Lipinski definition) is 1. The van der Waals surface area contributed by atoms with Crippen LogP contribution in [0.5, 0.6) is 11.5 Å². The summed E-state index contributed by atoms with van der Waals surface area (Å²) in [6.07, 6.45) is 1.69. The Kier molecular flexibility index (Phi) is 8.13. The standard InChI is InChI=1S/C26H32N4O6S/c1-17(2)26-28-24(29-36-26)14-18-7-9-20(10-8-18)27-25(31)19-6-5-13-30(16-19)37(32,33)23-15-21(34-3)11-12-22(23)35-4/h7-12,15,17,19H,5-6,13-14,16H2,1-4H3,(H,27,31)/t19-/m0/s1. The molecule has 2 aromatic carbocycles. The number of carbonyl (C=O) groups is 1. The highest BCUT2D eigenvalue weighted by atomic mass is 32.2. The largest absolute Gasteiger partial charge is 0.497 e. The fourth-order valence-electron chi connectivity index (χ4n) is 4.21. The van der Waals surface area contributed by atoms with Gasteiger partial charge in [-0.2, -0.15) is 9.29 Å². The van der Waals surface area contributed by atoms with Gasteiger partial charge in [-0.05, 0) is 42.7 Å². The van der Waals surface area contributed by atoms with Gasteiger partial charge in [-0.15, -0.1) is 0 Å². The lowest BCUT2D eigenvalue weighted by Crippen LogP contribution is -2.43. The number of benzene rings is 2. The predicted octanol–water partition coefficient (Wildman–Crippen LogP) is 3.84. The molecule has 1 aliphatic rings. The molecule has 0 bridgehead atoms. The van der Waals surface area contributed by atoms with Crippen molar-refractivity contribution in [2.75, 3.05) is 32.6 Å². The zero-order valence-corrected chi connectivity index (χ0v) is 22.2. The van der Waals surface area contributed by atoms with Gasteiger partial charge in [-0.1, -0.05) is 31.1 Å². The third-order valence-electron chi connectivity index (χ3n) is 6.30. The van der Waals surface area contributed by atoms with Crippen molar-refractivity contribution in [1.29, 1.82) is 0 Å². The van der Waals surface area contributed by atoms with Crippen molar-refractivity contribution in [3.63, 3.8) is 0 Å². The highest BCUT2D eigenvalue weighted by Crippen LogP contribution is 2.33. The van der Waals surface area contributed by atoms with E-state index in [1.54, 1.807) is 12.1 Å². The predicted molar refractivity (Wildman–Crippen MR) is 137 cm³/mol. The molecule has 198 valence electrons. The number of ether oxygens (including phenoxy) is 2. The molecule has 0 spiro atoms. The van der Waals surface area contributed by atoms with Gasteiger partial charge in [-0.3, -0.25) is 4.79 Å². The number of amides is 1. The lowest BCUT2D eigenvalue weighted by molar-refractivity contribution is -0.120. The van der Waals surface area contributed by atoms with Crippen LogP contribution in [0.1, 0.15) is 49.9 Å². The third-order valence-corrected chi connectivity index (χ3v) is 8.19. The van der Waals surface area contributed by atoms with E-state index in [4.69, 9.17) is 14.0 Å². The Morgan fingerprint density at radius 1 is 1.16 bits per heavy atom. The fraction of sp³-hybridized carbons (Fsp3) is 0.423. The summed E-state index contributed by atoms with van der Waals surface area (Å²) >= 11 is 0. The number of nitrogens with zero attached hydrogens (tertiary/aromatic N) is 3. The van der Waals surface area contributed by atoms with Crippen LogP contribution < -0.4 is 14.8 Å². The molecule has 37 heavy (non-hydrogen) atoms. The van der Waals surface area contributed by atoms with Gasteiger partial charge >= 0.3 is 0 Å². The zero-order valence-electron chi connectivity index (χ0n) is 21.4. The molecule has 0 saturated carbocycles. The van der Waals surface area contributed by atoms with Crippen LogP contribution in [0.3, 0.4) is 0 Å². The van der Waals surface area contributed by atoms with Gasteiger partial charge < -0.3 is 19.3 Å². The van der Waals surface area contributed by atoms with E-state index < -0.39 is 15.9 Å². The number of carbonyl (C=O) groups excluding carboxylic acids is 1. The molecule has 11 heteroatoms. The quantitative estimate of drug-likeness (QED) is 0.444. The third kappa shape index (κ3) is 6.11. The van der Waals surface area contributed by atoms with E-state index in [2.05, 4.69) is 15.5 Å². The molecule has 10 nitrogen and oxygen atoms in total. The smallest absolute Gasteiger partial charge is 0.246 e. The summed E-state index contributed by atoms with van der Waals surface area (Å²) < 4.78 is 43.9. The molecule has 1 amide bonds. The van der Waals surface area contributed by atoms with Crippen molar-refractivity contribution in [2.24, 2.45) is 5.92 Å². The first-order chi connectivity index (χ1) is 17.7. The molecule has 3 aromatic rings. The maximum Gasteiger partial charge on any atom is 0.246 e. The first-order valence-corrected chi connectivity index (χ1v) is 13.6. The Bertz CT molecular complexity index is 1340. The monoisotopic (exact) mass is 528 g/mol. The normalized spacial score (nSPS) is 16.5. The summed E-state index contributed by atoms with van der Waals surface area (Å²) in [5.74, 6) is 1.33. The zero-order chi connectivity index (χ0) is 26.6. The Balaban J connectivity index is 1.41. The Morgan fingerprint density at radius 2 is 1.92 bits per heavy atom. The summed E-state index contributed by atoms with van der Waals surface area (Å²) in [6.45, 7) is 4.40. The van der Waals surface area contributed by atoms with Crippen molar-refractivity contribution >= 4 is 21.6 Å². The molecule has 4 rings (SSSR count).